The van der Waals surface area contributed by atoms with Crippen LogP contribution in [0.4, 0.5) is 0 Å². The third-order valence-electron chi connectivity index (χ3n) is 4.39. The Labute approximate surface area is 119 Å². The summed E-state index contributed by atoms with van der Waals surface area (Å²) in [4.78, 5) is 6.03. The van der Waals surface area contributed by atoms with Gasteiger partial charge in [0.15, 0.2) is 0 Å². The van der Waals surface area contributed by atoms with Gasteiger partial charge in [0.25, 0.3) is 0 Å². The number of hydrogen-bond acceptors (Lipinski definition) is 4. The SMILES string of the molecule is COC1(c2ncc(CNC3CC3)s2)CCCCCC1. The van der Waals surface area contributed by atoms with Crippen LogP contribution in [0.1, 0.15) is 61.3 Å². The van der Waals surface area contributed by atoms with Crippen LogP contribution in [0.2, 0.25) is 0 Å². The van der Waals surface area contributed by atoms with Gasteiger partial charge in [-0.1, -0.05) is 25.7 Å². The summed E-state index contributed by atoms with van der Waals surface area (Å²) in [5.74, 6) is 0. The summed E-state index contributed by atoms with van der Waals surface area (Å²) in [7, 11) is 1.86. The monoisotopic (exact) mass is 280 g/mol. The van der Waals surface area contributed by atoms with Crippen LogP contribution in [0.15, 0.2) is 6.20 Å². The van der Waals surface area contributed by atoms with Crippen molar-refractivity contribution in [2.75, 3.05) is 7.11 Å². The minimum atomic E-state index is -0.0982. The van der Waals surface area contributed by atoms with Crippen LogP contribution < -0.4 is 5.32 Å². The highest BCUT2D eigenvalue weighted by molar-refractivity contribution is 7.11. The topological polar surface area (TPSA) is 34.1 Å². The molecule has 2 aliphatic carbocycles. The van der Waals surface area contributed by atoms with Crippen molar-refractivity contribution < 1.29 is 4.74 Å². The third-order valence-corrected chi connectivity index (χ3v) is 5.57. The second kappa shape index (κ2) is 5.90. The van der Waals surface area contributed by atoms with E-state index in [1.54, 1.807) is 0 Å². The second-order valence-corrected chi connectivity index (χ2v) is 7.01. The first kappa shape index (κ1) is 13.5. The zero-order valence-corrected chi connectivity index (χ0v) is 12.6. The molecule has 1 aromatic heterocycles. The van der Waals surface area contributed by atoms with Crippen LogP contribution in [0.3, 0.4) is 0 Å². The number of aromatic nitrogens is 1. The van der Waals surface area contributed by atoms with Gasteiger partial charge in [0, 0.05) is 30.8 Å². The normalized spacial score (nSPS) is 23.2. The average molecular weight is 280 g/mol. The summed E-state index contributed by atoms with van der Waals surface area (Å²) in [5, 5.41) is 4.76. The van der Waals surface area contributed by atoms with Gasteiger partial charge >= 0.3 is 0 Å². The lowest BCUT2D eigenvalue weighted by Crippen LogP contribution is -2.27. The molecule has 0 aromatic carbocycles. The van der Waals surface area contributed by atoms with Crippen LogP contribution in [-0.2, 0) is 16.9 Å². The molecule has 1 heterocycles. The molecule has 0 bridgehead atoms. The molecule has 2 saturated carbocycles. The summed E-state index contributed by atoms with van der Waals surface area (Å²) >= 11 is 1.84. The Hall–Kier alpha value is -0.450. The molecule has 0 radical (unpaired) electrons. The van der Waals surface area contributed by atoms with E-state index in [1.165, 1.54) is 48.4 Å². The Morgan fingerprint density at radius 2 is 2.05 bits per heavy atom. The van der Waals surface area contributed by atoms with E-state index in [0.717, 1.165) is 25.4 Å². The van der Waals surface area contributed by atoms with Crippen molar-refractivity contribution in [2.45, 2.75) is 69.6 Å². The van der Waals surface area contributed by atoms with Crippen molar-refractivity contribution in [3.8, 4) is 0 Å². The summed E-state index contributed by atoms with van der Waals surface area (Å²) in [6, 6.07) is 0.764. The van der Waals surface area contributed by atoms with Gasteiger partial charge in [-0.05, 0) is 25.7 Å². The predicted octanol–water partition coefficient (Wildman–Crippen LogP) is 3.59. The summed E-state index contributed by atoms with van der Waals surface area (Å²) in [6.07, 6.45) is 12.2. The minimum absolute atomic E-state index is 0.0982. The van der Waals surface area contributed by atoms with Crippen molar-refractivity contribution in [1.82, 2.24) is 10.3 Å². The first-order valence-electron chi connectivity index (χ1n) is 7.56. The van der Waals surface area contributed by atoms with Gasteiger partial charge in [0.1, 0.15) is 10.6 Å². The van der Waals surface area contributed by atoms with E-state index in [1.807, 2.05) is 24.6 Å². The fraction of sp³-hybridized carbons (Fsp3) is 0.800. The number of nitrogens with zero attached hydrogens (tertiary/aromatic N) is 1. The maximum Gasteiger partial charge on any atom is 0.125 e. The molecule has 3 nitrogen and oxygen atoms in total. The van der Waals surface area contributed by atoms with Gasteiger partial charge in [-0.25, -0.2) is 4.98 Å². The van der Waals surface area contributed by atoms with Crippen molar-refractivity contribution in [3.05, 3.63) is 16.1 Å². The summed E-state index contributed by atoms with van der Waals surface area (Å²) < 4.78 is 5.92. The predicted molar refractivity (Wildman–Crippen MR) is 78.4 cm³/mol. The molecule has 0 saturated heterocycles. The Morgan fingerprint density at radius 1 is 1.32 bits per heavy atom. The molecule has 2 fully saturated rings. The van der Waals surface area contributed by atoms with E-state index in [-0.39, 0.29) is 5.60 Å². The average Bonchev–Trinajstić information content (AvgIpc) is 3.20. The number of hydrogen-bond donors (Lipinski definition) is 1. The van der Waals surface area contributed by atoms with Crippen LogP contribution in [0.25, 0.3) is 0 Å². The molecule has 19 heavy (non-hydrogen) atoms. The van der Waals surface area contributed by atoms with Crippen LogP contribution in [0.5, 0.6) is 0 Å². The van der Waals surface area contributed by atoms with Gasteiger partial charge in [0.2, 0.25) is 0 Å². The third kappa shape index (κ3) is 3.18. The Morgan fingerprint density at radius 3 is 2.68 bits per heavy atom. The zero-order chi connectivity index (χ0) is 13.1. The molecule has 4 heteroatoms. The van der Waals surface area contributed by atoms with E-state index in [0.29, 0.717) is 0 Å². The lowest BCUT2D eigenvalue weighted by atomic mass is 9.95. The van der Waals surface area contributed by atoms with Crippen LogP contribution in [-0.4, -0.2) is 18.1 Å². The maximum absolute atomic E-state index is 5.92. The molecule has 1 N–H and O–H groups in total. The Kier molecular flexibility index (Phi) is 4.20. The number of thiazole rings is 1. The second-order valence-electron chi connectivity index (χ2n) is 5.90. The van der Waals surface area contributed by atoms with E-state index in [2.05, 4.69) is 10.3 Å². The summed E-state index contributed by atoms with van der Waals surface area (Å²) in [6.45, 7) is 0.974. The lowest BCUT2D eigenvalue weighted by Gasteiger charge is -2.29. The smallest absolute Gasteiger partial charge is 0.125 e. The van der Waals surface area contributed by atoms with Gasteiger partial charge in [-0.2, -0.15) is 0 Å². The maximum atomic E-state index is 5.92. The number of nitrogens with one attached hydrogen (secondary N) is 1. The fourth-order valence-corrected chi connectivity index (χ4v) is 4.03. The van der Waals surface area contributed by atoms with Crippen molar-refractivity contribution in [3.63, 3.8) is 0 Å². The molecule has 0 spiro atoms. The molecule has 0 aliphatic heterocycles. The van der Waals surface area contributed by atoms with E-state index >= 15 is 0 Å². The zero-order valence-electron chi connectivity index (χ0n) is 11.8. The summed E-state index contributed by atoms with van der Waals surface area (Å²) in [5.41, 5.74) is -0.0982. The van der Waals surface area contributed by atoms with E-state index in [9.17, 15) is 0 Å². The Bertz CT molecular complexity index is 406. The first-order chi connectivity index (χ1) is 9.32. The number of rotatable bonds is 5. The van der Waals surface area contributed by atoms with E-state index in [4.69, 9.17) is 4.74 Å². The van der Waals surface area contributed by atoms with Crippen LogP contribution in [0, 0.1) is 0 Å². The fourth-order valence-electron chi connectivity index (χ4n) is 2.94. The van der Waals surface area contributed by atoms with Gasteiger partial charge in [-0.15, -0.1) is 11.3 Å². The largest absolute Gasteiger partial charge is 0.371 e. The highest BCUT2D eigenvalue weighted by atomic mass is 32.1. The number of methoxy groups -OCH3 is 1. The van der Waals surface area contributed by atoms with Crippen molar-refractivity contribution in [2.24, 2.45) is 0 Å². The molecule has 106 valence electrons. The molecule has 1 aromatic rings. The molecule has 0 unspecified atom stereocenters. The van der Waals surface area contributed by atoms with Gasteiger partial charge < -0.3 is 10.1 Å². The highest BCUT2D eigenvalue weighted by Crippen LogP contribution is 2.40. The van der Waals surface area contributed by atoms with Gasteiger partial charge in [0.05, 0.1) is 0 Å². The molecular formula is C15H24N2OS. The Balaban J connectivity index is 1.70. The molecule has 0 amide bonds. The highest BCUT2D eigenvalue weighted by Gasteiger charge is 2.35. The first-order valence-corrected chi connectivity index (χ1v) is 8.38. The standard InChI is InChI=1S/C15H24N2OS/c1-18-15(8-4-2-3-5-9-15)14-17-11-13(19-14)10-16-12-6-7-12/h11-12,16H,2-10H2,1H3. The molecule has 0 atom stereocenters. The van der Waals surface area contributed by atoms with Crippen molar-refractivity contribution >= 4 is 11.3 Å². The molecular weight excluding hydrogens is 256 g/mol. The van der Waals surface area contributed by atoms with Crippen LogP contribution >= 0.6 is 11.3 Å². The minimum Gasteiger partial charge on any atom is -0.371 e. The molecule has 2 aliphatic rings. The lowest BCUT2D eigenvalue weighted by molar-refractivity contribution is -0.0279. The van der Waals surface area contributed by atoms with E-state index < -0.39 is 0 Å². The van der Waals surface area contributed by atoms with Gasteiger partial charge in [-0.3, -0.25) is 0 Å². The quantitative estimate of drug-likeness (QED) is 0.837. The van der Waals surface area contributed by atoms with Crippen molar-refractivity contribution in [1.29, 1.82) is 0 Å². The molecule has 3 rings (SSSR count). The number of ether oxygens (including phenoxy) is 1.